The third-order valence-electron chi connectivity index (χ3n) is 5.43. The normalized spacial score (nSPS) is 13.0. The van der Waals surface area contributed by atoms with E-state index in [1.54, 1.807) is 12.3 Å². The molecule has 33 heavy (non-hydrogen) atoms. The molecule has 0 radical (unpaired) electrons. The number of carboxylic acids is 1. The monoisotopic (exact) mass is 465 g/mol. The van der Waals surface area contributed by atoms with Crippen molar-refractivity contribution >= 4 is 29.3 Å². The van der Waals surface area contributed by atoms with Crippen molar-refractivity contribution in [1.29, 1.82) is 0 Å². The van der Waals surface area contributed by atoms with Crippen LogP contribution in [0.2, 0.25) is 0 Å². The lowest BCUT2D eigenvalue weighted by molar-refractivity contribution is -0.136. The minimum absolute atomic E-state index is 0.0224. The lowest BCUT2D eigenvalue weighted by atomic mass is 9.98. The number of carbonyl (C=O) groups excluding carboxylic acids is 2. The zero-order chi connectivity index (χ0) is 23.4. The summed E-state index contributed by atoms with van der Waals surface area (Å²) in [4.78, 5) is 39.3. The first-order valence-electron chi connectivity index (χ1n) is 10.5. The lowest BCUT2D eigenvalue weighted by Crippen LogP contribution is -2.29. The summed E-state index contributed by atoms with van der Waals surface area (Å²) in [5, 5.41) is 16.0. The summed E-state index contributed by atoms with van der Waals surface area (Å²) in [5.74, 6) is -1.47. The number of thiazole rings is 1. The van der Waals surface area contributed by atoms with Gasteiger partial charge in [-0.2, -0.15) is 0 Å². The number of nitrogens with zero attached hydrogens (tertiary/aromatic N) is 1. The first-order chi connectivity index (χ1) is 15.9. The highest BCUT2D eigenvalue weighted by Crippen LogP contribution is 2.44. The van der Waals surface area contributed by atoms with Gasteiger partial charge in [-0.15, -0.1) is 11.3 Å². The van der Waals surface area contributed by atoms with Gasteiger partial charge in [-0.25, -0.2) is 9.78 Å². The Balaban J connectivity index is 1.33. The molecule has 1 aliphatic carbocycles. The van der Waals surface area contributed by atoms with Crippen LogP contribution in [0, 0.1) is 0 Å². The first-order valence-corrected chi connectivity index (χ1v) is 11.4. The van der Waals surface area contributed by atoms with Crippen LogP contribution in [-0.2, 0) is 9.53 Å². The maximum absolute atomic E-state index is 12.5. The van der Waals surface area contributed by atoms with Crippen molar-refractivity contribution in [3.05, 3.63) is 75.7 Å². The summed E-state index contributed by atoms with van der Waals surface area (Å²) in [6.07, 6.45) is -0.727. The van der Waals surface area contributed by atoms with Gasteiger partial charge in [-0.1, -0.05) is 48.5 Å². The zero-order valence-electron chi connectivity index (χ0n) is 17.9. The van der Waals surface area contributed by atoms with Crippen molar-refractivity contribution < 1.29 is 24.2 Å². The molecule has 0 fully saturated rings. The van der Waals surface area contributed by atoms with E-state index in [9.17, 15) is 14.4 Å². The highest BCUT2D eigenvalue weighted by atomic mass is 32.1. The molecule has 0 aliphatic heterocycles. The summed E-state index contributed by atoms with van der Waals surface area (Å²) in [6, 6.07) is 15.8. The number of nitrogens with one attached hydrogen (secondary N) is 2. The van der Waals surface area contributed by atoms with Gasteiger partial charge in [0.25, 0.3) is 5.91 Å². The Morgan fingerprint density at radius 1 is 1.09 bits per heavy atom. The number of rotatable bonds is 8. The molecule has 2 amide bonds. The van der Waals surface area contributed by atoms with E-state index in [4.69, 9.17) is 9.84 Å². The van der Waals surface area contributed by atoms with E-state index in [1.165, 1.54) is 11.3 Å². The third-order valence-corrected chi connectivity index (χ3v) is 6.45. The van der Waals surface area contributed by atoms with Gasteiger partial charge in [-0.05, 0) is 29.2 Å². The topological polar surface area (TPSA) is 118 Å². The van der Waals surface area contributed by atoms with E-state index >= 15 is 0 Å². The molecule has 8 nitrogen and oxygen atoms in total. The molecule has 4 rings (SSSR count). The second-order valence-corrected chi connectivity index (χ2v) is 8.55. The minimum atomic E-state index is -0.991. The number of fused-ring (bicyclic) bond motifs is 3. The van der Waals surface area contributed by atoms with Gasteiger partial charge < -0.3 is 20.5 Å². The quantitative estimate of drug-likeness (QED) is 0.464. The summed E-state index contributed by atoms with van der Waals surface area (Å²) >= 11 is 1.23. The standard InChI is InChI=1S/C24H23N3O5S/c1-14(23-27-20(13-33-23)22(30)25-11-10-21(28)29)26-24(31)32-12-19-17-8-4-2-6-15(17)16-7-3-5-9-18(16)19/h2-9,13-14,19H,10-12H2,1H3,(H,25,30)(H,26,31)(H,28,29). The van der Waals surface area contributed by atoms with Crippen molar-refractivity contribution in [3.8, 4) is 11.1 Å². The maximum Gasteiger partial charge on any atom is 0.407 e. The second kappa shape index (κ2) is 9.83. The summed E-state index contributed by atoms with van der Waals surface area (Å²) in [5.41, 5.74) is 4.78. The van der Waals surface area contributed by atoms with Crippen LogP contribution in [0.25, 0.3) is 11.1 Å². The van der Waals surface area contributed by atoms with E-state index in [-0.39, 0.29) is 31.2 Å². The Morgan fingerprint density at radius 3 is 2.36 bits per heavy atom. The predicted molar refractivity (Wildman–Crippen MR) is 123 cm³/mol. The van der Waals surface area contributed by atoms with Crippen molar-refractivity contribution in [2.45, 2.75) is 25.3 Å². The molecular formula is C24H23N3O5S. The third kappa shape index (κ3) is 5.04. The van der Waals surface area contributed by atoms with Crippen molar-refractivity contribution in [2.24, 2.45) is 0 Å². The fourth-order valence-corrected chi connectivity index (χ4v) is 4.65. The number of aromatic nitrogens is 1. The molecule has 0 saturated carbocycles. The molecule has 1 unspecified atom stereocenters. The van der Waals surface area contributed by atoms with E-state index in [1.807, 2.05) is 24.3 Å². The molecule has 0 saturated heterocycles. The van der Waals surface area contributed by atoms with Crippen LogP contribution in [0.15, 0.2) is 53.9 Å². The van der Waals surface area contributed by atoms with Gasteiger partial charge in [0.2, 0.25) is 0 Å². The van der Waals surface area contributed by atoms with Crippen molar-refractivity contribution in [2.75, 3.05) is 13.2 Å². The van der Waals surface area contributed by atoms with Crippen LogP contribution in [0.5, 0.6) is 0 Å². The number of hydrogen-bond donors (Lipinski definition) is 3. The zero-order valence-corrected chi connectivity index (χ0v) is 18.7. The minimum Gasteiger partial charge on any atom is -0.481 e. The molecule has 0 bridgehead atoms. The molecular weight excluding hydrogens is 442 g/mol. The SMILES string of the molecule is CC(NC(=O)OCC1c2ccccc2-c2ccccc21)c1nc(C(=O)NCCC(=O)O)cs1. The molecule has 1 aromatic heterocycles. The number of benzene rings is 2. The van der Waals surface area contributed by atoms with Gasteiger partial charge in [0.1, 0.15) is 17.3 Å². The van der Waals surface area contributed by atoms with Crippen LogP contribution >= 0.6 is 11.3 Å². The van der Waals surface area contributed by atoms with Crippen molar-refractivity contribution in [3.63, 3.8) is 0 Å². The number of carboxylic acid groups (broad SMARTS) is 1. The molecule has 2 aromatic carbocycles. The smallest absolute Gasteiger partial charge is 0.407 e. The number of ether oxygens (including phenoxy) is 1. The van der Waals surface area contributed by atoms with Gasteiger partial charge in [0, 0.05) is 17.8 Å². The number of amides is 2. The lowest BCUT2D eigenvalue weighted by Gasteiger charge is -2.16. The van der Waals surface area contributed by atoms with E-state index < -0.39 is 24.0 Å². The highest BCUT2D eigenvalue weighted by molar-refractivity contribution is 7.09. The Labute approximate surface area is 194 Å². The van der Waals surface area contributed by atoms with Crippen LogP contribution in [0.3, 0.4) is 0 Å². The Morgan fingerprint density at radius 2 is 1.73 bits per heavy atom. The summed E-state index contributed by atoms with van der Waals surface area (Å²) in [7, 11) is 0. The fraction of sp³-hybridized carbons (Fsp3) is 0.250. The molecule has 3 aromatic rings. The van der Waals surface area contributed by atoms with Crippen molar-refractivity contribution in [1.82, 2.24) is 15.6 Å². The Hall–Kier alpha value is -3.72. The molecule has 1 aliphatic rings. The number of alkyl carbamates (subject to hydrolysis) is 1. The largest absolute Gasteiger partial charge is 0.481 e. The molecule has 1 atom stereocenters. The van der Waals surface area contributed by atoms with Gasteiger partial charge in [0.15, 0.2) is 0 Å². The van der Waals surface area contributed by atoms with Gasteiger partial charge in [-0.3, -0.25) is 9.59 Å². The van der Waals surface area contributed by atoms with Crippen LogP contribution in [0.1, 0.15) is 51.9 Å². The first kappa shape index (κ1) is 22.5. The molecule has 9 heteroatoms. The highest BCUT2D eigenvalue weighted by Gasteiger charge is 2.29. The van der Waals surface area contributed by atoms with E-state index in [0.29, 0.717) is 5.01 Å². The van der Waals surface area contributed by atoms with Crippen LogP contribution in [0.4, 0.5) is 4.79 Å². The average Bonchev–Trinajstić information content (AvgIpc) is 3.41. The molecule has 1 heterocycles. The van der Waals surface area contributed by atoms with Gasteiger partial charge in [0.05, 0.1) is 12.5 Å². The second-order valence-electron chi connectivity index (χ2n) is 7.66. The molecule has 0 spiro atoms. The molecule has 170 valence electrons. The average molecular weight is 466 g/mol. The van der Waals surface area contributed by atoms with Gasteiger partial charge >= 0.3 is 12.1 Å². The van der Waals surface area contributed by atoms with E-state index in [2.05, 4.69) is 39.9 Å². The number of hydrogen-bond acceptors (Lipinski definition) is 6. The van der Waals surface area contributed by atoms with Crippen LogP contribution in [-0.4, -0.2) is 41.2 Å². The number of aliphatic carboxylic acids is 1. The molecule has 3 N–H and O–H groups in total. The summed E-state index contributed by atoms with van der Waals surface area (Å²) in [6.45, 7) is 1.99. The van der Waals surface area contributed by atoms with E-state index in [0.717, 1.165) is 22.3 Å². The Kier molecular flexibility index (Phi) is 6.69. The maximum atomic E-state index is 12.5. The Bertz CT molecular complexity index is 1150. The fourth-order valence-electron chi connectivity index (χ4n) is 3.84. The van der Waals surface area contributed by atoms with Crippen LogP contribution < -0.4 is 10.6 Å². The number of carbonyl (C=O) groups is 3. The summed E-state index contributed by atoms with van der Waals surface area (Å²) < 4.78 is 5.55. The predicted octanol–water partition coefficient (Wildman–Crippen LogP) is 3.95.